The number of benzene rings is 2. The number of aromatic hydroxyl groups is 1. The van der Waals surface area contributed by atoms with E-state index in [1.165, 1.54) is 11.1 Å². The molecule has 2 aromatic rings. The van der Waals surface area contributed by atoms with Crippen molar-refractivity contribution in [3.05, 3.63) is 59.2 Å². The Bertz CT molecular complexity index is 546. The lowest BCUT2D eigenvalue weighted by Gasteiger charge is -2.19. The predicted octanol–water partition coefficient (Wildman–Crippen LogP) is 4.57. The number of hydrogen-bond donors (Lipinski definition) is 2. The maximum Gasteiger partial charge on any atom is 0.120 e. The Morgan fingerprint density at radius 3 is 2.32 bits per heavy atom. The summed E-state index contributed by atoms with van der Waals surface area (Å²) in [7, 11) is 0. The van der Waals surface area contributed by atoms with Crippen LogP contribution in [0.1, 0.15) is 36.1 Å². The van der Waals surface area contributed by atoms with Crippen LogP contribution in [0.15, 0.2) is 42.5 Å². The van der Waals surface area contributed by atoms with Crippen LogP contribution in [0.5, 0.6) is 5.75 Å². The molecule has 0 radical (unpaired) electrons. The van der Waals surface area contributed by atoms with Crippen LogP contribution in [-0.2, 0) is 0 Å². The van der Waals surface area contributed by atoms with Gasteiger partial charge in [0, 0.05) is 11.8 Å². The second kappa shape index (κ2) is 5.79. The molecule has 1 unspecified atom stereocenters. The van der Waals surface area contributed by atoms with Gasteiger partial charge in [0.1, 0.15) is 5.75 Å². The second-order valence-electron chi connectivity index (χ2n) is 5.02. The van der Waals surface area contributed by atoms with Crippen LogP contribution in [0.4, 0.5) is 5.69 Å². The van der Waals surface area contributed by atoms with Gasteiger partial charge in [0.15, 0.2) is 0 Å². The van der Waals surface area contributed by atoms with Gasteiger partial charge in [-0.25, -0.2) is 0 Å². The third-order valence-electron chi connectivity index (χ3n) is 3.44. The third kappa shape index (κ3) is 3.28. The van der Waals surface area contributed by atoms with E-state index in [0.717, 1.165) is 17.7 Å². The summed E-state index contributed by atoms with van der Waals surface area (Å²) in [6.07, 6.45) is 0.998. The minimum atomic E-state index is 0.266. The summed E-state index contributed by atoms with van der Waals surface area (Å²) in [5.74, 6) is 0.337. The van der Waals surface area contributed by atoms with Crippen molar-refractivity contribution in [3.63, 3.8) is 0 Å². The number of rotatable bonds is 4. The molecule has 0 heterocycles. The van der Waals surface area contributed by atoms with Crippen molar-refractivity contribution < 1.29 is 5.11 Å². The van der Waals surface area contributed by atoms with Crippen molar-refractivity contribution >= 4 is 5.69 Å². The van der Waals surface area contributed by atoms with Crippen LogP contribution in [0.2, 0.25) is 0 Å². The Morgan fingerprint density at radius 1 is 1.05 bits per heavy atom. The first-order valence-corrected chi connectivity index (χ1v) is 6.73. The zero-order chi connectivity index (χ0) is 13.8. The number of hydrogen-bond acceptors (Lipinski definition) is 2. The topological polar surface area (TPSA) is 32.3 Å². The van der Waals surface area contributed by atoms with Gasteiger partial charge in [0.25, 0.3) is 0 Å². The van der Waals surface area contributed by atoms with Gasteiger partial charge in [0.2, 0.25) is 0 Å². The molecular formula is C17H21NO. The Balaban J connectivity index is 2.18. The standard InChI is InChI=1S/C17H21NO/c1-4-16(14-8-5-12(2)6-9-14)18-15-10-7-13(3)17(19)11-15/h5-11,16,18-19H,4H2,1-3H3. The zero-order valence-corrected chi connectivity index (χ0v) is 11.8. The van der Waals surface area contributed by atoms with E-state index in [0.29, 0.717) is 5.75 Å². The van der Waals surface area contributed by atoms with Crippen LogP contribution in [0.3, 0.4) is 0 Å². The molecular weight excluding hydrogens is 234 g/mol. The van der Waals surface area contributed by atoms with Gasteiger partial charge in [-0.05, 0) is 37.5 Å². The Hall–Kier alpha value is -1.96. The number of anilines is 1. The molecule has 2 N–H and O–H groups in total. The SMILES string of the molecule is CCC(Nc1ccc(C)c(O)c1)c1ccc(C)cc1. The van der Waals surface area contributed by atoms with Crippen molar-refractivity contribution in [3.8, 4) is 5.75 Å². The molecule has 0 bridgehead atoms. The molecule has 0 saturated heterocycles. The summed E-state index contributed by atoms with van der Waals surface area (Å²) < 4.78 is 0. The molecule has 19 heavy (non-hydrogen) atoms. The highest BCUT2D eigenvalue weighted by Crippen LogP contribution is 2.26. The summed E-state index contributed by atoms with van der Waals surface area (Å²) in [6.45, 7) is 6.15. The molecule has 1 atom stereocenters. The van der Waals surface area contributed by atoms with Crippen molar-refractivity contribution in [1.82, 2.24) is 0 Å². The van der Waals surface area contributed by atoms with E-state index in [4.69, 9.17) is 0 Å². The molecule has 0 amide bonds. The lowest BCUT2D eigenvalue weighted by Crippen LogP contribution is -2.09. The fourth-order valence-corrected chi connectivity index (χ4v) is 2.12. The first-order chi connectivity index (χ1) is 9.10. The summed E-state index contributed by atoms with van der Waals surface area (Å²) >= 11 is 0. The van der Waals surface area contributed by atoms with Crippen molar-refractivity contribution in [2.24, 2.45) is 0 Å². The van der Waals surface area contributed by atoms with Crippen LogP contribution < -0.4 is 5.32 Å². The molecule has 0 fully saturated rings. The van der Waals surface area contributed by atoms with E-state index in [9.17, 15) is 5.11 Å². The minimum Gasteiger partial charge on any atom is -0.508 e. The largest absolute Gasteiger partial charge is 0.508 e. The van der Waals surface area contributed by atoms with Crippen LogP contribution in [-0.4, -0.2) is 5.11 Å². The van der Waals surface area contributed by atoms with Gasteiger partial charge in [-0.3, -0.25) is 0 Å². The Kier molecular flexibility index (Phi) is 4.10. The highest BCUT2D eigenvalue weighted by molar-refractivity contribution is 5.52. The molecule has 100 valence electrons. The van der Waals surface area contributed by atoms with E-state index in [-0.39, 0.29) is 6.04 Å². The molecule has 0 aliphatic heterocycles. The fourth-order valence-electron chi connectivity index (χ4n) is 2.12. The molecule has 2 heteroatoms. The van der Waals surface area contributed by atoms with Crippen molar-refractivity contribution in [2.75, 3.05) is 5.32 Å². The molecule has 2 rings (SSSR count). The average Bonchev–Trinajstić information content (AvgIpc) is 2.41. The van der Waals surface area contributed by atoms with Crippen LogP contribution in [0, 0.1) is 13.8 Å². The quantitative estimate of drug-likeness (QED) is 0.838. The van der Waals surface area contributed by atoms with E-state index >= 15 is 0 Å². The molecule has 0 aromatic heterocycles. The highest BCUT2D eigenvalue weighted by Gasteiger charge is 2.09. The van der Waals surface area contributed by atoms with Crippen molar-refractivity contribution in [1.29, 1.82) is 0 Å². The minimum absolute atomic E-state index is 0.266. The Morgan fingerprint density at radius 2 is 1.74 bits per heavy atom. The van der Waals surface area contributed by atoms with Crippen molar-refractivity contribution in [2.45, 2.75) is 33.2 Å². The number of nitrogens with one attached hydrogen (secondary N) is 1. The summed E-state index contributed by atoms with van der Waals surface area (Å²) in [5, 5.41) is 13.2. The predicted molar refractivity (Wildman–Crippen MR) is 80.7 cm³/mol. The van der Waals surface area contributed by atoms with Gasteiger partial charge in [0.05, 0.1) is 6.04 Å². The lowest BCUT2D eigenvalue weighted by atomic mass is 10.0. The zero-order valence-electron chi connectivity index (χ0n) is 11.8. The van der Waals surface area contributed by atoms with Gasteiger partial charge in [-0.1, -0.05) is 42.8 Å². The van der Waals surface area contributed by atoms with Gasteiger partial charge in [-0.15, -0.1) is 0 Å². The Labute approximate surface area is 115 Å². The summed E-state index contributed by atoms with van der Waals surface area (Å²) in [4.78, 5) is 0. The molecule has 2 nitrogen and oxygen atoms in total. The average molecular weight is 255 g/mol. The smallest absolute Gasteiger partial charge is 0.120 e. The fraction of sp³-hybridized carbons (Fsp3) is 0.294. The second-order valence-corrected chi connectivity index (χ2v) is 5.02. The number of aryl methyl sites for hydroxylation is 2. The van der Waals surface area contributed by atoms with Gasteiger partial charge < -0.3 is 10.4 Å². The first kappa shape index (κ1) is 13.5. The summed E-state index contributed by atoms with van der Waals surface area (Å²) in [5.41, 5.74) is 4.39. The molecule has 0 saturated carbocycles. The monoisotopic (exact) mass is 255 g/mol. The number of phenols is 1. The maximum atomic E-state index is 9.75. The van der Waals surface area contributed by atoms with E-state index in [2.05, 4.69) is 43.4 Å². The highest BCUT2D eigenvalue weighted by atomic mass is 16.3. The van der Waals surface area contributed by atoms with Crippen LogP contribution in [0.25, 0.3) is 0 Å². The van der Waals surface area contributed by atoms with E-state index in [1.807, 2.05) is 19.1 Å². The van der Waals surface area contributed by atoms with E-state index in [1.54, 1.807) is 6.07 Å². The summed E-state index contributed by atoms with van der Waals surface area (Å²) in [6, 6.07) is 14.6. The maximum absolute atomic E-state index is 9.75. The lowest BCUT2D eigenvalue weighted by molar-refractivity contribution is 0.471. The molecule has 2 aromatic carbocycles. The first-order valence-electron chi connectivity index (χ1n) is 6.73. The van der Waals surface area contributed by atoms with E-state index < -0.39 is 0 Å². The van der Waals surface area contributed by atoms with Crippen LogP contribution >= 0.6 is 0 Å². The molecule has 0 spiro atoms. The normalized spacial score (nSPS) is 12.2. The number of phenolic OH excluding ortho intramolecular Hbond substituents is 1. The van der Waals surface area contributed by atoms with Gasteiger partial charge in [-0.2, -0.15) is 0 Å². The van der Waals surface area contributed by atoms with Gasteiger partial charge >= 0.3 is 0 Å². The molecule has 0 aliphatic carbocycles. The molecule has 0 aliphatic rings. The third-order valence-corrected chi connectivity index (χ3v) is 3.44.